The minimum absolute atomic E-state index is 0.103. The van der Waals surface area contributed by atoms with Gasteiger partial charge in [-0.1, -0.05) is 30.3 Å². The van der Waals surface area contributed by atoms with Crippen LogP contribution in [-0.4, -0.2) is 43.1 Å². The lowest BCUT2D eigenvalue weighted by Crippen LogP contribution is -2.54. The molecule has 5 nitrogen and oxygen atoms in total. The van der Waals surface area contributed by atoms with Crippen LogP contribution in [0.15, 0.2) is 30.3 Å². The molecule has 0 saturated carbocycles. The van der Waals surface area contributed by atoms with Crippen molar-refractivity contribution in [3.8, 4) is 0 Å². The number of ether oxygens (including phenoxy) is 1. The summed E-state index contributed by atoms with van der Waals surface area (Å²) in [7, 11) is 0. The van der Waals surface area contributed by atoms with Gasteiger partial charge in [0.15, 0.2) is 0 Å². The highest BCUT2D eigenvalue weighted by Crippen LogP contribution is 2.35. The minimum atomic E-state index is -0.652. The molecule has 0 unspecified atom stereocenters. The zero-order valence-electron chi connectivity index (χ0n) is 14.0. The van der Waals surface area contributed by atoms with Gasteiger partial charge in [-0.2, -0.15) is 0 Å². The van der Waals surface area contributed by atoms with Crippen LogP contribution in [0.3, 0.4) is 0 Å². The first-order valence-electron chi connectivity index (χ1n) is 8.35. The van der Waals surface area contributed by atoms with E-state index in [0.29, 0.717) is 32.7 Å². The molecule has 126 valence electrons. The van der Waals surface area contributed by atoms with Crippen LogP contribution >= 0.6 is 0 Å². The average Bonchev–Trinajstić information content (AvgIpc) is 2.56. The molecule has 1 aromatic rings. The zero-order valence-corrected chi connectivity index (χ0v) is 14.0. The normalized spacial score (nSPS) is 20.9. The molecule has 1 saturated heterocycles. The van der Waals surface area contributed by atoms with Crippen molar-refractivity contribution in [3.05, 3.63) is 35.9 Å². The maximum absolute atomic E-state index is 12.7. The van der Waals surface area contributed by atoms with Gasteiger partial charge in [-0.3, -0.25) is 4.79 Å². The molecule has 0 spiro atoms. The quantitative estimate of drug-likeness (QED) is 0.849. The lowest BCUT2D eigenvalue weighted by Gasteiger charge is -2.41. The second-order valence-electron chi connectivity index (χ2n) is 6.02. The van der Waals surface area contributed by atoms with Gasteiger partial charge in [0.05, 0.1) is 12.0 Å². The number of esters is 1. The van der Waals surface area contributed by atoms with E-state index in [1.807, 2.05) is 44.2 Å². The number of urea groups is 1. The molecule has 5 heteroatoms. The summed E-state index contributed by atoms with van der Waals surface area (Å²) < 4.78 is 5.35. The number of hydrogen-bond donors (Lipinski definition) is 1. The monoisotopic (exact) mass is 318 g/mol. The summed E-state index contributed by atoms with van der Waals surface area (Å²) in [6.45, 7) is 5.74. The van der Waals surface area contributed by atoms with Crippen molar-refractivity contribution in [2.45, 2.75) is 33.1 Å². The van der Waals surface area contributed by atoms with Crippen molar-refractivity contribution in [2.75, 3.05) is 26.2 Å². The molecule has 1 N–H and O–H groups in total. The first-order valence-corrected chi connectivity index (χ1v) is 8.35. The van der Waals surface area contributed by atoms with Crippen LogP contribution in [0, 0.1) is 5.41 Å². The van der Waals surface area contributed by atoms with E-state index in [9.17, 15) is 9.59 Å². The summed E-state index contributed by atoms with van der Waals surface area (Å²) in [6.07, 6.45) is 2.15. The van der Waals surface area contributed by atoms with Crippen LogP contribution in [0.2, 0.25) is 0 Å². The lowest BCUT2D eigenvalue weighted by atomic mass is 9.75. The van der Waals surface area contributed by atoms with E-state index >= 15 is 0 Å². The third kappa shape index (κ3) is 4.24. The second-order valence-corrected chi connectivity index (χ2v) is 6.02. The van der Waals surface area contributed by atoms with Crippen LogP contribution < -0.4 is 5.32 Å². The third-order valence-corrected chi connectivity index (χ3v) is 4.29. The molecule has 1 heterocycles. The molecular weight excluding hydrogens is 292 g/mol. The van der Waals surface area contributed by atoms with E-state index < -0.39 is 5.41 Å². The topological polar surface area (TPSA) is 58.6 Å². The summed E-state index contributed by atoms with van der Waals surface area (Å²) in [6, 6.07) is 9.84. The van der Waals surface area contributed by atoms with Gasteiger partial charge < -0.3 is 15.0 Å². The molecule has 2 amide bonds. The smallest absolute Gasteiger partial charge is 0.317 e. The number of rotatable bonds is 5. The Hall–Kier alpha value is -2.04. The van der Waals surface area contributed by atoms with Gasteiger partial charge in [0.25, 0.3) is 0 Å². The largest absolute Gasteiger partial charge is 0.466 e. The molecule has 0 aliphatic carbocycles. The van der Waals surface area contributed by atoms with Gasteiger partial charge in [-0.25, -0.2) is 4.79 Å². The Kier molecular flexibility index (Phi) is 6.02. The number of nitrogens with one attached hydrogen (secondary N) is 1. The number of hydrogen-bond acceptors (Lipinski definition) is 3. The van der Waals surface area contributed by atoms with E-state index in [1.165, 1.54) is 0 Å². The minimum Gasteiger partial charge on any atom is -0.466 e. The lowest BCUT2D eigenvalue weighted by molar-refractivity contribution is -0.158. The number of piperidine rings is 1. The van der Waals surface area contributed by atoms with Gasteiger partial charge in [0, 0.05) is 19.6 Å². The van der Waals surface area contributed by atoms with Crippen LogP contribution in [0.5, 0.6) is 0 Å². The van der Waals surface area contributed by atoms with E-state index in [0.717, 1.165) is 18.4 Å². The van der Waals surface area contributed by atoms with Crippen LogP contribution in [0.4, 0.5) is 4.79 Å². The number of benzene rings is 1. The fourth-order valence-corrected chi connectivity index (χ4v) is 3.22. The molecule has 2 rings (SSSR count). The van der Waals surface area contributed by atoms with E-state index in [4.69, 9.17) is 4.74 Å². The summed E-state index contributed by atoms with van der Waals surface area (Å²) in [4.78, 5) is 26.6. The highest BCUT2D eigenvalue weighted by Gasteiger charge is 2.44. The molecule has 1 atom stereocenters. The molecule has 1 aliphatic heterocycles. The molecule has 1 aromatic carbocycles. The van der Waals surface area contributed by atoms with Crippen molar-refractivity contribution >= 4 is 12.0 Å². The molecule has 0 radical (unpaired) electrons. The Morgan fingerprint density at radius 3 is 2.65 bits per heavy atom. The second kappa shape index (κ2) is 7.99. The molecule has 1 aliphatic rings. The Morgan fingerprint density at radius 1 is 1.26 bits per heavy atom. The number of carbonyl (C=O) groups excluding carboxylic acids is 2. The molecular formula is C18H26N2O3. The summed E-state index contributed by atoms with van der Waals surface area (Å²) >= 11 is 0. The van der Waals surface area contributed by atoms with Crippen molar-refractivity contribution in [3.63, 3.8) is 0 Å². The fourth-order valence-electron chi connectivity index (χ4n) is 3.22. The number of likely N-dealkylation sites (tertiary alicyclic amines) is 1. The Balaban J connectivity index is 2.22. The maximum Gasteiger partial charge on any atom is 0.317 e. The molecule has 0 aromatic heterocycles. The van der Waals surface area contributed by atoms with Crippen LogP contribution in [-0.2, 0) is 16.0 Å². The average molecular weight is 318 g/mol. The van der Waals surface area contributed by atoms with Gasteiger partial charge >= 0.3 is 12.0 Å². The number of carbonyl (C=O) groups is 2. The van der Waals surface area contributed by atoms with E-state index in [1.54, 1.807) is 4.90 Å². The van der Waals surface area contributed by atoms with Crippen LogP contribution in [0.1, 0.15) is 32.3 Å². The zero-order chi connectivity index (χ0) is 16.7. The predicted molar refractivity (Wildman–Crippen MR) is 89.1 cm³/mol. The Morgan fingerprint density at radius 2 is 2.00 bits per heavy atom. The van der Waals surface area contributed by atoms with Crippen molar-refractivity contribution in [1.29, 1.82) is 0 Å². The SMILES string of the molecule is CCNC(=O)N1CCC[C@@](Cc2ccccc2)(C(=O)OCC)C1. The van der Waals surface area contributed by atoms with Gasteiger partial charge in [-0.15, -0.1) is 0 Å². The van der Waals surface area contributed by atoms with Crippen molar-refractivity contribution < 1.29 is 14.3 Å². The number of amides is 2. The van der Waals surface area contributed by atoms with E-state index in [2.05, 4.69) is 5.32 Å². The Bertz CT molecular complexity index is 532. The van der Waals surface area contributed by atoms with Gasteiger partial charge in [0.2, 0.25) is 0 Å². The first kappa shape index (κ1) is 17.3. The van der Waals surface area contributed by atoms with Gasteiger partial charge in [0.1, 0.15) is 0 Å². The first-order chi connectivity index (χ1) is 11.1. The molecule has 1 fully saturated rings. The van der Waals surface area contributed by atoms with Crippen molar-refractivity contribution in [2.24, 2.45) is 5.41 Å². The summed E-state index contributed by atoms with van der Waals surface area (Å²) in [5.41, 5.74) is 0.444. The van der Waals surface area contributed by atoms with Gasteiger partial charge in [-0.05, 0) is 38.7 Å². The number of nitrogens with zero attached hydrogens (tertiary/aromatic N) is 1. The van der Waals surface area contributed by atoms with Crippen molar-refractivity contribution in [1.82, 2.24) is 10.2 Å². The standard InChI is InChI=1S/C18H26N2O3/c1-3-19-17(22)20-12-8-11-18(14-20,16(21)23-4-2)13-15-9-6-5-7-10-15/h5-7,9-10H,3-4,8,11-14H2,1-2H3,(H,19,22)/t18-/m0/s1. The predicted octanol–water partition coefficient (Wildman–Crippen LogP) is 2.60. The van der Waals surface area contributed by atoms with Crippen LogP contribution in [0.25, 0.3) is 0 Å². The van der Waals surface area contributed by atoms with E-state index in [-0.39, 0.29) is 12.0 Å². The molecule has 23 heavy (non-hydrogen) atoms. The fraction of sp³-hybridized carbons (Fsp3) is 0.556. The highest BCUT2D eigenvalue weighted by atomic mass is 16.5. The Labute approximate surface area is 138 Å². The summed E-state index contributed by atoms with van der Waals surface area (Å²) in [5, 5.41) is 2.82. The highest BCUT2D eigenvalue weighted by molar-refractivity contribution is 5.80. The summed E-state index contributed by atoms with van der Waals surface area (Å²) in [5.74, 6) is -0.196. The maximum atomic E-state index is 12.7. The molecule has 0 bridgehead atoms. The third-order valence-electron chi connectivity index (χ3n) is 4.29.